The molecule has 1 aliphatic rings. The lowest BCUT2D eigenvalue weighted by molar-refractivity contribution is 0.558. The second-order valence-corrected chi connectivity index (χ2v) is 5.43. The van der Waals surface area contributed by atoms with E-state index in [1.165, 1.54) is 24.5 Å². The standard InChI is InChI=1S/C14H26N4/c1-5-12-10-18(11(2)3)14(16-12)17-8-6-7-13(17)9-15-4/h10-11,13,15H,5-9H2,1-4H3. The SMILES string of the molecule is CCc1cn(C(C)C)c(N2CCCC2CNC)n1. The number of aromatic nitrogens is 2. The predicted molar refractivity (Wildman–Crippen MR) is 76.3 cm³/mol. The Morgan fingerprint density at radius 2 is 2.28 bits per heavy atom. The molecule has 1 unspecified atom stereocenters. The lowest BCUT2D eigenvalue weighted by Gasteiger charge is -2.27. The van der Waals surface area contributed by atoms with Crippen LogP contribution < -0.4 is 10.2 Å². The van der Waals surface area contributed by atoms with Crippen LogP contribution in [0.4, 0.5) is 5.95 Å². The largest absolute Gasteiger partial charge is 0.338 e. The van der Waals surface area contributed by atoms with E-state index in [1.54, 1.807) is 0 Å². The fourth-order valence-corrected chi connectivity index (χ4v) is 2.74. The molecule has 0 radical (unpaired) electrons. The number of likely N-dealkylation sites (N-methyl/N-ethyl adjacent to an activating group) is 1. The van der Waals surface area contributed by atoms with Gasteiger partial charge in [0.1, 0.15) is 0 Å². The van der Waals surface area contributed by atoms with Gasteiger partial charge in [-0.2, -0.15) is 0 Å². The van der Waals surface area contributed by atoms with Crippen molar-refractivity contribution in [2.45, 2.75) is 52.1 Å². The molecule has 4 heteroatoms. The van der Waals surface area contributed by atoms with Gasteiger partial charge >= 0.3 is 0 Å². The second kappa shape index (κ2) is 5.74. The van der Waals surface area contributed by atoms with Crippen LogP contribution in [0.3, 0.4) is 0 Å². The van der Waals surface area contributed by atoms with Gasteiger partial charge in [0.25, 0.3) is 0 Å². The zero-order valence-corrected chi connectivity index (χ0v) is 12.1. The summed E-state index contributed by atoms with van der Waals surface area (Å²) in [6.45, 7) is 8.82. The smallest absolute Gasteiger partial charge is 0.206 e. The minimum atomic E-state index is 0.476. The van der Waals surface area contributed by atoms with Crippen molar-refractivity contribution in [3.63, 3.8) is 0 Å². The van der Waals surface area contributed by atoms with E-state index in [9.17, 15) is 0 Å². The van der Waals surface area contributed by atoms with Gasteiger partial charge in [0.05, 0.1) is 5.69 Å². The van der Waals surface area contributed by atoms with Crippen molar-refractivity contribution in [2.75, 3.05) is 25.0 Å². The van der Waals surface area contributed by atoms with E-state index in [4.69, 9.17) is 4.98 Å². The van der Waals surface area contributed by atoms with Gasteiger partial charge in [0, 0.05) is 31.4 Å². The molecule has 1 aliphatic heterocycles. The minimum absolute atomic E-state index is 0.476. The lowest BCUT2D eigenvalue weighted by Crippen LogP contribution is -2.38. The average Bonchev–Trinajstić information content (AvgIpc) is 2.94. The van der Waals surface area contributed by atoms with E-state index < -0.39 is 0 Å². The first-order chi connectivity index (χ1) is 8.67. The Morgan fingerprint density at radius 1 is 1.50 bits per heavy atom. The zero-order valence-electron chi connectivity index (χ0n) is 12.1. The van der Waals surface area contributed by atoms with E-state index in [0.717, 1.165) is 19.5 Å². The summed E-state index contributed by atoms with van der Waals surface area (Å²) in [4.78, 5) is 7.31. The Balaban J connectivity index is 2.28. The molecule has 0 amide bonds. The summed E-state index contributed by atoms with van der Waals surface area (Å²) < 4.78 is 2.33. The van der Waals surface area contributed by atoms with Crippen molar-refractivity contribution < 1.29 is 0 Å². The maximum Gasteiger partial charge on any atom is 0.206 e. The molecule has 1 saturated heterocycles. The molecule has 4 nitrogen and oxygen atoms in total. The van der Waals surface area contributed by atoms with Gasteiger partial charge in [-0.05, 0) is 40.2 Å². The Hall–Kier alpha value is -1.03. The highest BCUT2D eigenvalue weighted by Crippen LogP contribution is 2.27. The molecule has 1 fully saturated rings. The highest BCUT2D eigenvalue weighted by molar-refractivity contribution is 5.37. The normalized spacial score (nSPS) is 20.1. The lowest BCUT2D eigenvalue weighted by atomic mass is 10.2. The summed E-state index contributed by atoms with van der Waals surface area (Å²) in [5.41, 5.74) is 1.20. The Labute approximate surface area is 110 Å². The molecular formula is C14H26N4. The Bertz CT molecular complexity index is 383. The number of anilines is 1. The van der Waals surface area contributed by atoms with Crippen molar-refractivity contribution in [3.05, 3.63) is 11.9 Å². The second-order valence-electron chi connectivity index (χ2n) is 5.43. The minimum Gasteiger partial charge on any atom is -0.338 e. The molecule has 0 aliphatic carbocycles. The molecule has 1 aromatic heterocycles. The molecule has 2 rings (SSSR count). The highest BCUT2D eigenvalue weighted by atomic mass is 15.3. The van der Waals surface area contributed by atoms with Crippen LogP contribution in [0.15, 0.2) is 6.20 Å². The molecule has 0 aromatic carbocycles. The van der Waals surface area contributed by atoms with Gasteiger partial charge in [-0.15, -0.1) is 0 Å². The summed E-state index contributed by atoms with van der Waals surface area (Å²) in [6, 6.07) is 1.07. The predicted octanol–water partition coefficient (Wildman–Crippen LogP) is 2.21. The van der Waals surface area contributed by atoms with Gasteiger partial charge in [0.15, 0.2) is 0 Å². The molecule has 1 N–H and O–H groups in total. The topological polar surface area (TPSA) is 33.1 Å². The van der Waals surface area contributed by atoms with Crippen molar-refractivity contribution in [2.24, 2.45) is 0 Å². The van der Waals surface area contributed by atoms with E-state index >= 15 is 0 Å². The van der Waals surface area contributed by atoms with Gasteiger partial charge in [-0.3, -0.25) is 0 Å². The van der Waals surface area contributed by atoms with Gasteiger partial charge in [-0.1, -0.05) is 6.92 Å². The van der Waals surface area contributed by atoms with Crippen molar-refractivity contribution in [1.82, 2.24) is 14.9 Å². The zero-order chi connectivity index (χ0) is 13.1. The molecule has 1 atom stereocenters. The molecule has 102 valence electrons. The van der Waals surface area contributed by atoms with Crippen LogP contribution in [0.5, 0.6) is 0 Å². The molecule has 0 spiro atoms. The van der Waals surface area contributed by atoms with Gasteiger partial charge < -0.3 is 14.8 Å². The fraction of sp³-hybridized carbons (Fsp3) is 0.786. The van der Waals surface area contributed by atoms with Crippen LogP contribution in [0.2, 0.25) is 0 Å². The summed E-state index contributed by atoms with van der Waals surface area (Å²) in [6.07, 6.45) is 5.78. The van der Waals surface area contributed by atoms with Crippen LogP contribution in [0.1, 0.15) is 45.3 Å². The third-order valence-corrected chi connectivity index (χ3v) is 3.76. The highest BCUT2D eigenvalue weighted by Gasteiger charge is 2.28. The van der Waals surface area contributed by atoms with Crippen LogP contribution in [0.25, 0.3) is 0 Å². The number of aryl methyl sites for hydroxylation is 1. The number of imidazole rings is 1. The average molecular weight is 250 g/mol. The fourth-order valence-electron chi connectivity index (χ4n) is 2.74. The van der Waals surface area contributed by atoms with Gasteiger partial charge in [0.2, 0.25) is 5.95 Å². The van der Waals surface area contributed by atoms with Crippen molar-refractivity contribution in [1.29, 1.82) is 0 Å². The molecule has 1 aromatic rings. The first-order valence-corrected chi connectivity index (χ1v) is 7.16. The van der Waals surface area contributed by atoms with Gasteiger partial charge in [-0.25, -0.2) is 4.98 Å². The number of hydrogen-bond acceptors (Lipinski definition) is 3. The van der Waals surface area contributed by atoms with E-state index in [-0.39, 0.29) is 0 Å². The maximum absolute atomic E-state index is 4.83. The van der Waals surface area contributed by atoms with Crippen molar-refractivity contribution >= 4 is 5.95 Å². The molecule has 2 heterocycles. The Kier molecular flexibility index (Phi) is 4.27. The van der Waals surface area contributed by atoms with Crippen LogP contribution in [-0.4, -0.2) is 35.7 Å². The number of hydrogen-bond donors (Lipinski definition) is 1. The number of nitrogens with zero attached hydrogens (tertiary/aromatic N) is 3. The van der Waals surface area contributed by atoms with E-state index in [1.807, 2.05) is 7.05 Å². The summed E-state index contributed by atoms with van der Waals surface area (Å²) in [7, 11) is 2.03. The van der Waals surface area contributed by atoms with E-state index in [2.05, 4.69) is 41.8 Å². The Morgan fingerprint density at radius 3 is 2.89 bits per heavy atom. The van der Waals surface area contributed by atoms with Crippen molar-refractivity contribution in [3.8, 4) is 0 Å². The third kappa shape index (κ3) is 2.53. The maximum atomic E-state index is 4.83. The number of nitrogens with one attached hydrogen (secondary N) is 1. The van der Waals surface area contributed by atoms with E-state index in [0.29, 0.717) is 12.1 Å². The first kappa shape index (κ1) is 13.4. The molecule has 0 saturated carbocycles. The molecule has 0 bridgehead atoms. The summed E-state index contributed by atoms with van der Waals surface area (Å²) in [5, 5.41) is 3.30. The summed E-state index contributed by atoms with van der Waals surface area (Å²) in [5.74, 6) is 1.17. The van der Waals surface area contributed by atoms with Crippen LogP contribution >= 0.6 is 0 Å². The summed E-state index contributed by atoms with van der Waals surface area (Å²) >= 11 is 0. The van der Waals surface area contributed by atoms with Crippen LogP contribution in [0, 0.1) is 0 Å². The van der Waals surface area contributed by atoms with Crippen LogP contribution in [-0.2, 0) is 6.42 Å². The monoisotopic (exact) mass is 250 g/mol. The third-order valence-electron chi connectivity index (χ3n) is 3.76. The number of rotatable bonds is 5. The molecule has 18 heavy (non-hydrogen) atoms. The molecular weight excluding hydrogens is 224 g/mol. The first-order valence-electron chi connectivity index (χ1n) is 7.16. The quantitative estimate of drug-likeness (QED) is 0.870.